The van der Waals surface area contributed by atoms with Crippen LogP contribution < -0.4 is 0 Å². The number of hydrogen-bond donors (Lipinski definition) is 0. The topological polar surface area (TPSA) is 25.8 Å². The summed E-state index contributed by atoms with van der Waals surface area (Å²) in [6, 6.07) is 52.6. The lowest BCUT2D eigenvalue weighted by Crippen LogP contribution is -2.25. The molecule has 1 spiro atoms. The summed E-state index contributed by atoms with van der Waals surface area (Å²) in [7, 11) is 0. The highest BCUT2D eigenvalue weighted by Gasteiger charge is 2.53. The highest BCUT2D eigenvalue weighted by Crippen LogP contribution is 2.66. The summed E-state index contributed by atoms with van der Waals surface area (Å²) in [6.07, 6.45) is 0. The van der Waals surface area contributed by atoms with Crippen LogP contribution in [0.3, 0.4) is 0 Å². The van der Waals surface area contributed by atoms with E-state index in [0.717, 1.165) is 33.5 Å². The molecular weight excluding hydrogens is 553 g/mol. The van der Waals surface area contributed by atoms with Gasteiger partial charge in [0.1, 0.15) is 0 Å². The fourth-order valence-electron chi connectivity index (χ4n) is 7.75. The summed E-state index contributed by atoms with van der Waals surface area (Å²) in [6.45, 7) is 0. The Balaban J connectivity index is 1.30. The quantitative estimate of drug-likeness (QED) is 0.205. The van der Waals surface area contributed by atoms with Gasteiger partial charge in [-0.05, 0) is 62.5 Å². The molecule has 0 aliphatic heterocycles. The Bertz CT molecular complexity index is 2410. The summed E-state index contributed by atoms with van der Waals surface area (Å²) in [5.74, 6) is 0.750. The molecule has 2 aromatic heterocycles. The van der Waals surface area contributed by atoms with Gasteiger partial charge in [0.2, 0.25) is 0 Å². The van der Waals surface area contributed by atoms with E-state index in [4.69, 9.17) is 9.97 Å². The number of benzene rings is 6. The zero-order chi connectivity index (χ0) is 28.8. The molecule has 44 heavy (non-hydrogen) atoms. The Kier molecular flexibility index (Phi) is 4.83. The van der Waals surface area contributed by atoms with Gasteiger partial charge in [-0.1, -0.05) is 127 Å². The smallest absolute Gasteiger partial charge is 0.160 e. The lowest BCUT2D eigenvalue weighted by atomic mass is 9.70. The standard InChI is InChI=1S/C41H24N2S/c1-2-12-25(13-3-1)38-30-16-6-10-20-35(30)42-40(43-38)26-22-23-29-34(24-26)41(37-31-17-7-11-21-36(31)44-39(29)37)32-18-8-4-14-27(32)28-15-5-9-19-33(28)41/h1-24H. The molecule has 2 aliphatic rings. The molecule has 2 nitrogen and oxygen atoms in total. The molecule has 8 aromatic rings. The van der Waals surface area contributed by atoms with E-state index in [1.54, 1.807) is 0 Å². The molecule has 0 saturated carbocycles. The van der Waals surface area contributed by atoms with Crippen molar-refractivity contribution in [3.8, 4) is 44.2 Å². The second-order valence-corrected chi connectivity index (χ2v) is 12.7. The van der Waals surface area contributed by atoms with Gasteiger partial charge in [-0.25, -0.2) is 9.97 Å². The molecule has 0 atom stereocenters. The number of thiophene rings is 1. The van der Waals surface area contributed by atoms with Crippen LogP contribution in [0.1, 0.15) is 22.3 Å². The Labute approximate surface area is 259 Å². The third kappa shape index (κ3) is 3.04. The molecule has 3 heteroatoms. The lowest BCUT2D eigenvalue weighted by molar-refractivity contribution is 0.803. The van der Waals surface area contributed by atoms with Gasteiger partial charge >= 0.3 is 0 Å². The summed E-state index contributed by atoms with van der Waals surface area (Å²) in [5.41, 5.74) is 13.0. The zero-order valence-corrected chi connectivity index (χ0v) is 24.5. The van der Waals surface area contributed by atoms with Gasteiger partial charge < -0.3 is 0 Å². The summed E-state index contributed by atoms with van der Waals surface area (Å²) < 4.78 is 1.33. The summed E-state index contributed by atoms with van der Waals surface area (Å²) in [5, 5.41) is 2.40. The van der Waals surface area contributed by atoms with Crippen LogP contribution in [0.4, 0.5) is 0 Å². The van der Waals surface area contributed by atoms with Gasteiger partial charge in [0.25, 0.3) is 0 Å². The summed E-state index contributed by atoms with van der Waals surface area (Å²) >= 11 is 1.91. The average molecular weight is 577 g/mol. The predicted molar refractivity (Wildman–Crippen MR) is 182 cm³/mol. The number of nitrogens with zero attached hydrogens (tertiary/aromatic N) is 2. The van der Waals surface area contributed by atoms with Gasteiger partial charge in [-0.15, -0.1) is 11.3 Å². The van der Waals surface area contributed by atoms with Crippen molar-refractivity contribution in [2.24, 2.45) is 0 Å². The van der Waals surface area contributed by atoms with Gasteiger partial charge in [-0.3, -0.25) is 0 Å². The molecule has 10 rings (SSSR count). The van der Waals surface area contributed by atoms with Crippen LogP contribution in [0.5, 0.6) is 0 Å². The fraction of sp³-hybridized carbons (Fsp3) is 0.0244. The third-order valence-electron chi connectivity index (χ3n) is 9.50. The van der Waals surface area contributed by atoms with Gasteiger partial charge in [-0.2, -0.15) is 0 Å². The van der Waals surface area contributed by atoms with Gasteiger partial charge in [0.15, 0.2) is 5.82 Å². The van der Waals surface area contributed by atoms with Crippen molar-refractivity contribution in [3.63, 3.8) is 0 Å². The molecule has 2 aliphatic carbocycles. The number of para-hydroxylation sites is 1. The molecule has 0 unspecified atom stereocenters. The first-order chi connectivity index (χ1) is 21.8. The van der Waals surface area contributed by atoms with E-state index in [0.29, 0.717) is 0 Å². The van der Waals surface area contributed by atoms with E-state index >= 15 is 0 Å². The Morgan fingerprint density at radius 2 is 1.14 bits per heavy atom. The third-order valence-corrected chi connectivity index (χ3v) is 10.7. The number of rotatable bonds is 2. The first kappa shape index (κ1) is 24.1. The van der Waals surface area contributed by atoms with Crippen LogP contribution >= 0.6 is 11.3 Å². The van der Waals surface area contributed by atoms with Crippen molar-refractivity contribution in [2.75, 3.05) is 0 Å². The zero-order valence-electron chi connectivity index (χ0n) is 23.7. The molecule has 0 fully saturated rings. The maximum Gasteiger partial charge on any atom is 0.160 e. The molecule has 0 N–H and O–H groups in total. The second kappa shape index (κ2) is 8.82. The van der Waals surface area contributed by atoms with E-state index < -0.39 is 5.41 Å². The van der Waals surface area contributed by atoms with E-state index in [1.165, 1.54) is 53.9 Å². The minimum absolute atomic E-state index is 0.410. The number of fused-ring (bicyclic) bond motifs is 13. The van der Waals surface area contributed by atoms with Crippen LogP contribution in [-0.2, 0) is 5.41 Å². The Hall–Kier alpha value is -5.38. The largest absolute Gasteiger partial charge is 0.228 e. The molecule has 6 aromatic carbocycles. The first-order valence-electron chi connectivity index (χ1n) is 15.0. The van der Waals surface area contributed by atoms with Crippen molar-refractivity contribution in [2.45, 2.75) is 5.41 Å². The molecular formula is C41H24N2S. The van der Waals surface area contributed by atoms with E-state index in [9.17, 15) is 0 Å². The molecule has 0 amide bonds. The lowest BCUT2D eigenvalue weighted by Gasteiger charge is -2.30. The predicted octanol–water partition coefficient (Wildman–Crippen LogP) is 10.5. The highest BCUT2D eigenvalue weighted by molar-refractivity contribution is 7.22. The number of hydrogen-bond acceptors (Lipinski definition) is 3. The van der Waals surface area contributed by atoms with Crippen LogP contribution in [0.2, 0.25) is 0 Å². The fourth-order valence-corrected chi connectivity index (χ4v) is 9.05. The maximum atomic E-state index is 5.25. The number of aromatic nitrogens is 2. The molecule has 0 saturated heterocycles. The molecule has 0 radical (unpaired) electrons. The highest BCUT2D eigenvalue weighted by atomic mass is 32.1. The van der Waals surface area contributed by atoms with Crippen molar-refractivity contribution in [3.05, 3.63) is 168 Å². The van der Waals surface area contributed by atoms with Crippen molar-refractivity contribution < 1.29 is 0 Å². The minimum Gasteiger partial charge on any atom is -0.228 e. The van der Waals surface area contributed by atoms with Crippen molar-refractivity contribution >= 4 is 32.3 Å². The van der Waals surface area contributed by atoms with Gasteiger partial charge in [0, 0.05) is 26.1 Å². The molecule has 0 bridgehead atoms. The second-order valence-electron chi connectivity index (χ2n) is 11.7. The van der Waals surface area contributed by atoms with Crippen LogP contribution in [0, 0.1) is 0 Å². The van der Waals surface area contributed by atoms with Crippen LogP contribution in [0.25, 0.3) is 65.2 Å². The first-order valence-corrected chi connectivity index (χ1v) is 15.8. The van der Waals surface area contributed by atoms with E-state index in [-0.39, 0.29) is 0 Å². The van der Waals surface area contributed by atoms with Crippen LogP contribution in [0.15, 0.2) is 146 Å². The average Bonchev–Trinajstić information content (AvgIpc) is 3.71. The normalized spacial score (nSPS) is 13.6. The monoisotopic (exact) mass is 576 g/mol. The van der Waals surface area contributed by atoms with Crippen LogP contribution in [-0.4, -0.2) is 9.97 Å². The Morgan fingerprint density at radius 1 is 0.477 bits per heavy atom. The minimum atomic E-state index is -0.410. The summed E-state index contributed by atoms with van der Waals surface area (Å²) in [4.78, 5) is 11.8. The molecule has 2 heterocycles. The van der Waals surface area contributed by atoms with E-state index in [1.807, 2.05) is 17.4 Å². The molecule has 204 valence electrons. The van der Waals surface area contributed by atoms with E-state index in [2.05, 4.69) is 140 Å². The SMILES string of the molecule is c1ccc(-c2nc(-c3ccc4c(c3)C3(c5ccccc5-c5ccccc53)c3c-4sc4ccccc34)nc3ccccc23)cc1. The van der Waals surface area contributed by atoms with Crippen molar-refractivity contribution in [1.82, 2.24) is 9.97 Å². The maximum absolute atomic E-state index is 5.25. The Morgan fingerprint density at radius 3 is 1.93 bits per heavy atom. The van der Waals surface area contributed by atoms with Crippen molar-refractivity contribution in [1.29, 1.82) is 0 Å². The van der Waals surface area contributed by atoms with Gasteiger partial charge in [0.05, 0.1) is 16.6 Å².